The Balaban J connectivity index is 1.72. The highest BCUT2D eigenvalue weighted by atomic mass is 35.5. The molecule has 1 aromatic heterocycles. The maximum Gasteiger partial charge on any atom is 0.418 e. The van der Waals surface area contributed by atoms with Crippen molar-refractivity contribution in [1.29, 1.82) is 0 Å². The van der Waals surface area contributed by atoms with Crippen molar-refractivity contribution in [1.82, 2.24) is 4.57 Å². The number of halogens is 5. The summed E-state index contributed by atoms with van der Waals surface area (Å²) in [5.74, 6) is -0.655. The second kappa shape index (κ2) is 6.29. The number of fused-ring (bicyclic) bond motifs is 5. The Morgan fingerprint density at radius 3 is 2.64 bits per heavy atom. The SMILES string of the molecule is Cn1cc(C(=O)Nc2cccc3c2C2CC(=C(Cl)Cl)C3(C)C2)c(C(F)(F)F)c1. The Morgan fingerprint density at radius 1 is 1.29 bits per heavy atom. The van der Waals surface area contributed by atoms with E-state index < -0.39 is 23.2 Å². The Labute approximate surface area is 170 Å². The van der Waals surface area contributed by atoms with Crippen molar-refractivity contribution in [3.05, 3.63) is 62.9 Å². The number of aromatic nitrogens is 1. The summed E-state index contributed by atoms with van der Waals surface area (Å²) in [4.78, 5) is 12.7. The van der Waals surface area contributed by atoms with E-state index in [0.29, 0.717) is 12.1 Å². The maximum atomic E-state index is 13.2. The fourth-order valence-electron chi connectivity index (χ4n) is 4.70. The Hall–Kier alpha value is -1.92. The average molecular weight is 429 g/mol. The second-order valence-electron chi connectivity index (χ2n) is 7.65. The molecule has 2 bridgehead atoms. The molecule has 4 rings (SSSR count). The van der Waals surface area contributed by atoms with E-state index in [-0.39, 0.29) is 15.8 Å². The summed E-state index contributed by atoms with van der Waals surface area (Å²) in [6.07, 6.45) is -1.02. The van der Waals surface area contributed by atoms with E-state index in [2.05, 4.69) is 12.2 Å². The van der Waals surface area contributed by atoms with Gasteiger partial charge >= 0.3 is 6.18 Å². The molecule has 0 saturated heterocycles. The Morgan fingerprint density at radius 2 is 2.00 bits per heavy atom. The number of amides is 1. The molecular formula is C20H17Cl2F3N2O. The number of alkyl halides is 3. The quantitative estimate of drug-likeness (QED) is 0.612. The van der Waals surface area contributed by atoms with E-state index in [9.17, 15) is 18.0 Å². The number of nitrogens with one attached hydrogen (secondary N) is 1. The van der Waals surface area contributed by atoms with Gasteiger partial charge in [0.15, 0.2) is 0 Å². The summed E-state index contributed by atoms with van der Waals surface area (Å²) in [6.45, 7) is 2.06. The predicted molar refractivity (Wildman–Crippen MR) is 103 cm³/mol. The van der Waals surface area contributed by atoms with Gasteiger partial charge in [0.2, 0.25) is 0 Å². The molecule has 28 heavy (non-hydrogen) atoms. The number of hydrogen-bond donors (Lipinski definition) is 1. The first kappa shape index (κ1) is 19.4. The van der Waals surface area contributed by atoms with Gasteiger partial charge < -0.3 is 9.88 Å². The van der Waals surface area contributed by atoms with Crippen LogP contribution in [0.4, 0.5) is 18.9 Å². The molecule has 3 nitrogen and oxygen atoms in total. The molecule has 2 aliphatic rings. The number of allylic oxidation sites excluding steroid dienone is 1. The molecule has 2 aliphatic carbocycles. The molecule has 8 heteroatoms. The lowest BCUT2D eigenvalue weighted by Gasteiger charge is -2.29. The van der Waals surface area contributed by atoms with Crippen molar-refractivity contribution in [2.45, 2.75) is 37.3 Å². The molecule has 2 atom stereocenters. The van der Waals surface area contributed by atoms with Gasteiger partial charge in [-0.15, -0.1) is 0 Å². The number of anilines is 1. The monoisotopic (exact) mass is 428 g/mol. The van der Waals surface area contributed by atoms with E-state index in [1.54, 1.807) is 12.1 Å². The molecule has 2 unspecified atom stereocenters. The van der Waals surface area contributed by atoms with Gasteiger partial charge in [0.25, 0.3) is 5.91 Å². The van der Waals surface area contributed by atoms with Crippen LogP contribution in [0.15, 0.2) is 40.7 Å². The van der Waals surface area contributed by atoms with Crippen molar-refractivity contribution in [3.63, 3.8) is 0 Å². The van der Waals surface area contributed by atoms with Crippen LogP contribution in [0.2, 0.25) is 0 Å². The fraction of sp³-hybridized carbons (Fsp3) is 0.350. The van der Waals surface area contributed by atoms with Crippen LogP contribution in [0, 0.1) is 0 Å². The van der Waals surface area contributed by atoms with Gasteiger partial charge in [-0.3, -0.25) is 4.79 Å². The topological polar surface area (TPSA) is 34.0 Å². The third-order valence-electron chi connectivity index (χ3n) is 5.86. The highest BCUT2D eigenvalue weighted by molar-refractivity contribution is 6.56. The molecule has 2 aromatic rings. The van der Waals surface area contributed by atoms with Crippen molar-refractivity contribution in [2.75, 3.05) is 5.32 Å². The van der Waals surface area contributed by atoms with E-state index >= 15 is 0 Å². The van der Waals surface area contributed by atoms with Gasteiger partial charge in [0.1, 0.15) is 4.49 Å². The largest absolute Gasteiger partial charge is 0.418 e. The van der Waals surface area contributed by atoms with Crippen LogP contribution >= 0.6 is 23.2 Å². The first-order valence-corrected chi connectivity index (χ1v) is 9.50. The van der Waals surface area contributed by atoms with Crippen molar-refractivity contribution < 1.29 is 18.0 Å². The van der Waals surface area contributed by atoms with Crippen LogP contribution in [0.25, 0.3) is 0 Å². The average Bonchev–Trinajstić information content (AvgIpc) is 3.23. The maximum absolute atomic E-state index is 13.2. The highest BCUT2D eigenvalue weighted by Gasteiger charge is 2.51. The number of benzene rings is 1. The van der Waals surface area contributed by atoms with Crippen LogP contribution in [0.5, 0.6) is 0 Å². The minimum atomic E-state index is -4.60. The summed E-state index contributed by atoms with van der Waals surface area (Å²) in [6, 6.07) is 5.48. The summed E-state index contributed by atoms with van der Waals surface area (Å²) in [5.41, 5.74) is 1.82. The van der Waals surface area contributed by atoms with Gasteiger partial charge in [-0.2, -0.15) is 13.2 Å². The molecule has 1 fully saturated rings. The number of nitrogens with zero attached hydrogens (tertiary/aromatic N) is 1. The van der Waals surface area contributed by atoms with Gasteiger partial charge in [0, 0.05) is 30.5 Å². The fourth-order valence-corrected chi connectivity index (χ4v) is 5.27. The van der Waals surface area contributed by atoms with Gasteiger partial charge in [-0.25, -0.2) is 0 Å². The molecular weight excluding hydrogens is 412 g/mol. The molecule has 0 radical (unpaired) electrons. The van der Waals surface area contributed by atoms with Crippen molar-refractivity contribution in [2.24, 2.45) is 7.05 Å². The zero-order valence-electron chi connectivity index (χ0n) is 15.1. The third-order valence-corrected chi connectivity index (χ3v) is 6.32. The van der Waals surface area contributed by atoms with Gasteiger partial charge in [0.05, 0.1) is 11.1 Å². The first-order valence-electron chi connectivity index (χ1n) is 8.75. The van der Waals surface area contributed by atoms with Gasteiger partial charge in [-0.05, 0) is 41.5 Å². The molecule has 0 spiro atoms. The zero-order valence-corrected chi connectivity index (χ0v) is 16.6. The van der Waals surface area contributed by atoms with E-state index in [1.165, 1.54) is 17.8 Å². The van der Waals surface area contributed by atoms with E-state index in [1.807, 2.05) is 6.07 Å². The minimum Gasteiger partial charge on any atom is -0.356 e. The molecule has 148 valence electrons. The lowest BCUT2D eigenvalue weighted by molar-refractivity contribution is -0.137. The summed E-state index contributed by atoms with van der Waals surface area (Å²) in [7, 11) is 1.45. The van der Waals surface area contributed by atoms with Crippen LogP contribution < -0.4 is 5.32 Å². The molecule has 1 heterocycles. The zero-order chi connectivity index (χ0) is 20.4. The lowest BCUT2D eigenvalue weighted by atomic mass is 9.77. The van der Waals surface area contributed by atoms with Crippen LogP contribution in [-0.4, -0.2) is 10.5 Å². The Bertz CT molecular complexity index is 1020. The molecule has 1 amide bonds. The number of hydrogen-bond acceptors (Lipinski definition) is 1. The molecule has 1 aromatic carbocycles. The summed E-state index contributed by atoms with van der Waals surface area (Å²) < 4.78 is 41.2. The van der Waals surface area contributed by atoms with Crippen LogP contribution in [0.3, 0.4) is 0 Å². The third kappa shape index (κ3) is 2.85. The van der Waals surface area contributed by atoms with Crippen LogP contribution in [0.1, 0.15) is 52.7 Å². The minimum absolute atomic E-state index is 0.122. The van der Waals surface area contributed by atoms with Gasteiger partial charge in [-0.1, -0.05) is 42.3 Å². The normalized spacial score (nSPS) is 23.1. The Kier molecular flexibility index (Phi) is 4.36. The van der Waals surface area contributed by atoms with Crippen LogP contribution in [-0.2, 0) is 18.6 Å². The lowest BCUT2D eigenvalue weighted by Crippen LogP contribution is -2.22. The van der Waals surface area contributed by atoms with Crippen molar-refractivity contribution in [3.8, 4) is 0 Å². The molecule has 1 N–H and O–H groups in total. The number of rotatable bonds is 2. The highest BCUT2D eigenvalue weighted by Crippen LogP contribution is 2.62. The molecule has 1 saturated carbocycles. The second-order valence-corrected chi connectivity index (χ2v) is 8.60. The summed E-state index contributed by atoms with van der Waals surface area (Å²) >= 11 is 12.1. The number of aryl methyl sites for hydroxylation is 1. The van der Waals surface area contributed by atoms with Crippen molar-refractivity contribution >= 4 is 34.8 Å². The number of carbonyl (C=O) groups excluding carboxylic acids is 1. The predicted octanol–water partition coefficient (Wildman–Crippen LogP) is 6.13. The first-order chi connectivity index (χ1) is 13.0. The summed E-state index contributed by atoms with van der Waals surface area (Å²) in [5, 5.41) is 2.70. The number of carbonyl (C=O) groups is 1. The van der Waals surface area contributed by atoms with E-state index in [4.69, 9.17) is 23.2 Å². The standard InChI is InChI=1S/C20H17Cl2F3N2O/c1-19-7-10(6-13(19)17(21)22)16-12(19)4-3-5-15(16)26-18(28)11-8-27(2)9-14(11)20(23,24)25/h3-5,8-10H,6-7H2,1-2H3,(H,26,28). The smallest absolute Gasteiger partial charge is 0.356 e. The molecule has 0 aliphatic heterocycles. The van der Waals surface area contributed by atoms with E-state index in [0.717, 1.165) is 29.3 Å².